The van der Waals surface area contributed by atoms with Crippen LogP contribution in [-0.4, -0.2) is 17.5 Å². The molecule has 0 amide bonds. The third-order valence-corrected chi connectivity index (χ3v) is 2.14. The summed E-state index contributed by atoms with van der Waals surface area (Å²) in [6, 6.07) is 0. The summed E-state index contributed by atoms with van der Waals surface area (Å²) in [6.07, 6.45) is 0. The smallest absolute Gasteiger partial charge is 0.141 e. The van der Waals surface area contributed by atoms with Gasteiger partial charge in [-0.3, -0.25) is 4.79 Å². The second-order valence-corrected chi connectivity index (χ2v) is 4.66. The van der Waals surface area contributed by atoms with Crippen molar-refractivity contribution < 1.29 is 9.90 Å². The number of aliphatic hydroxyl groups excluding tert-OH is 1. The van der Waals surface area contributed by atoms with E-state index in [4.69, 9.17) is 5.11 Å². The molecule has 0 spiro atoms. The Hall–Kier alpha value is -0.370. The van der Waals surface area contributed by atoms with Crippen molar-refractivity contribution in [2.45, 2.75) is 34.6 Å². The van der Waals surface area contributed by atoms with E-state index in [9.17, 15) is 4.79 Å². The maximum Gasteiger partial charge on any atom is 0.141 e. The average molecular weight is 172 g/mol. The lowest BCUT2D eigenvalue weighted by atomic mass is 9.76. The molecular formula is C10H20O2. The first kappa shape index (κ1) is 11.6. The van der Waals surface area contributed by atoms with Gasteiger partial charge in [0.25, 0.3) is 0 Å². The van der Waals surface area contributed by atoms with E-state index in [1.54, 1.807) is 0 Å². The van der Waals surface area contributed by atoms with E-state index in [1.807, 2.05) is 34.6 Å². The molecule has 0 aliphatic heterocycles. The summed E-state index contributed by atoms with van der Waals surface area (Å²) in [5.41, 5.74) is -0.129. The molecule has 1 N–H and O–H groups in total. The minimum atomic E-state index is -0.225. The van der Waals surface area contributed by atoms with Gasteiger partial charge in [0.2, 0.25) is 0 Å². The maximum absolute atomic E-state index is 11.6. The predicted molar refractivity (Wildman–Crippen MR) is 49.9 cm³/mol. The summed E-state index contributed by atoms with van der Waals surface area (Å²) in [4.78, 5) is 11.6. The van der Waals surface area contributed by atoms with E-state index in [1.165, 1.54) is 0 Å². The van der Waals surface area contributed by atoms with Crippen LogP contribution >= 0.6 is 0 Å². The lowest BCUT2D eigenvalue weighted by Gasteiger charge is -2.28. The van der Waals surface area contributed by atoms with E-state index >= 15 is 0 Å². The molecule has 2 nitrogen and oxygen atoms in total. The molecule has 0 aromatic carbocycles. The SMILES string of the molecule is CC(C)C(=O)[C@H](CO)C(C)(C)C. The van der Waals surface area contributed by atoms with Crippen molar-refractivity contribution in [3.8, 4) is 0 Å². The normalized spacial score (nSPS) is 14.9. The molecular weight excluding hydrogens is 152 g/mol. The fourth-order valence-electron chi connectivity index (χ4n) is 1.19. The standard InChI is InChI=1S/C10H20O2/c1-7(2)9(12)8(6-11)10(3,4)5/h7-8,11H,6H2,1-5H3/t8-/m0/s1. The molecule has 0 aromatic heterocycles. The van der Waals surface area contributed by atoms with Gasteiger partial charge in [-0.1, -0.05) is 34.6 Å². The molecule has 0 rings (SSSR count). The summed E-state index contributed by atoms with van der Waals surface area (Å²) in [7, 11) is 0. The van der Waals surface area contributed by atoms with E-state index in [2.05, 4.69) is 0 Å². The van der Waals surface area contributed by atoms with E-state index < -0.39 is 0 Å². The van der Waals surface area contributed by atoms with Crippen molar-refractivity contribution in [3.63, 3.8) is 0 Å². The van der Waals surface area contributed by atoms with Gasteiger partial charge in [-0.15, -0.1) is 0 Å². The minimum absolute atomic E-state index is 0.0152. The van der Waals surface area contributed by atoms with Crippen LogP contribution in [0.2, 0.25) is 0 Å². The molecule has 12 heavy (non-hydrogen) atoms. The van der Waals surface area contributed by atoms with Crippen LogP contribution in [0.25, 0.3) is 0 Å². The van der Waals surface area contributed by atoms with Gasteiger partial charge in [0.05, 0.1) is 6.61 Å². The number of hydrogen-bond acceptors (Lipinski definition) is 2. The Labute approximate surface area is 75.0 Å². The molecule has 2 heteroatoms. The topological polar surface area (TPSA) is 37.3 Å². The highest BCUT2D eigenvalue weighted by Gasteiger charge is 2.31. The predicted octanol–water partition coefficient (Wildman–Crippen LogP) is 1.87. The fraction of sp³-hybridized carbons (Fsp3) is 0.900. The number of Topliss-reactive ketones (excluding diaryl/α,β-unsaturated/α-hetero) is 1. The van der Waals surface area contributed by atoms with Gasteiger partial charge in [-0.25, -0.2) is 0 Å². The molecule has 0 radical (unpaired) electrons. The van der Waals surface area contributed by atoms with Crippen LogP contribution in [0.1, 0.15) is 34.6 Å². The van der Waals surface area contributed by atoms with Gasteiger partial charge >= 0.3 is 0 Å². The largest absolute Gasteiger partial charge is 0.396 e. The Kier molecular flexibility index (Phi) is 3.91. The quantitative estimate of drug-likeness (QED) is 0.705. The van der Waals surface area contributed by atoms with E-state index in [0.717, 1.165) is 0 Å². The Morgan fingerprint density at radius 1 is 1.33 bits per heavy atom. The number of aliphatic hydroxyl groups is 1. The summed E-state index contributed by atoms with van der Waals surface area (Å²) < 4.78 is 0. The number of carbonyl (C=O) groups is 1. The fourth-order valence-corrected chi connectivity index (χ4v) is 1.19. The van der Waals surface area contributed by atoms with E-state index in [0.29, 0.717) is 0 Å². The molecule has 1 atom stereocenters. The third-order valence-electron chi connectivity index (χ3n) is 2.14. The van der Waals surface area contributed by atoms with Crippen molar-refractivity contribution in [2.75, 3.05) is 6.61 Å². The van der Waals surface area contributed by atoms with Crippen LogP contribution in [-0.2, 0) is 4.79 Å². The molecule has 0 heterocycles. The zero-order chi connectivity index (χ0) is 9.94. The average Bonchev–Trinajstić information content (AvgIpc) is 1.85. The molecule has 0 bridgehead atoms. The highest BCUT2D eigenvalue weighted by molar-refractivity contribution is 5.83. The first-order chi connectivity index (χ1) is 5.30. The number of hydrogen-bond donors (Lipinski definition) is 1. The van der Waals surface area contributed by atoms with Gasteiger partial charge in [-0.05, 0) is 5.41 Å². The van der Waals surface area contributed by atoms with Crippen LogP contribution < -0.4 is 0 Å². The molecule has 0 aliphatic rings. The highest BCUT2D eigenvalue weighted by Crippen LogP contribution is 2.28. The van der Waals surface area contributed by atoms with E-state index in [-0.39, 0.29) is 29.6 Å². The summed E-state index contributed by atoms with van der Waals surface area (Å²) >= 11 is 0. The first-order valence-electron chi connectivity index (χ1n) is 4.45. The van der Waals surface area contributed by atoms with Crippen molar-refractivity contribution in [1.29, 1.82) is 0 Å². The number of carbonyl (C=O) groups excluding carboxylic acids is 1. The first-order valence-corrected chi connectivity index (χ1v) is 4.45. The summed E-state index contributed by atoms with van der Waals surface area (Å²) in [5.74, 6) is -0.0520. The molecule has 0 aromatic rings. The van der Waals surface area contributed by atoms with Gasteiger partial charge < -0.3 is 5.11 Å². The number of rotatable bonds is 3. The summed E-state index contributed by atoms with van der Waals surface area (Å²) in [6.45, 7) is 9.64. The Balaban J connectivity index is 4.47. The second-order valence-electron chi connectivity index (χ2n) is 4.66. The molecule has 0 aliphatic carbocycles. The van der Waals surface area contributed by atoms with Crippen molar-refractivity contribution in [1.82, 2.24) is 0 Å². The van der Waals surface area contributed by atoms with Crippen LogP contribution in [0.5, 0.6) is 0 Å². The highest BCUT2D eigenvalue weighted by atomic mass is 16.3. The van der Waals surface area contributed by atoms with Gasteiger partial charge in [0.15, 0.2) is 0 Å². The van der Waals surface area contributed by atoms with Gasteiger partial charge in [-0.2, -0.15) is 0 Å². The molecule has 0 unspecified atom stereocenters. The van der Waals surface area contributed by atoms with Crippen LogP contribution in [0.3, 0.4) is 0 Å². The minimum Gasteiger partial charge on any atom is -0.396 e. The van der Waals surface area contributed by atoms with Crippen LogP contribution in [0.4, 0.5) is 0 Å². The Morgan fingerprint density at radius 2 is 1.75 bits per heavy atom. The van der Waals surface area contributed by atoms with Crippen molar-refractivity contribution >= 4 is 5.78 Å². The number of ketones is 1. The maximum atomic E-state index is 11.6. The zero-order valence-corrected chi connectivity index (χ0v) is 8.72. The van der Waals surface area contributed by atoms with Gasteiger partial charge in [0.1, 0.15) is 5.78 Å². The second kappa shape index (κ2) is 4.04. The molecule has 0 saturated carbocycles. The summed E-state index contributed by atoms with van der Waals surface area (Å²) in [5, 5.41) is 9.06. The molecule has 72 valence electrons. The van der Waals surface area contributed by atoms with Crippen LogP contribution in [0, 0.1) is 17.3 Å². The van der Waals surface area contributed by atoms with Gasteiger partial charge in [0, 0.05) is 11.8 Å². The zero-order valence-electron chi connectivity index (χ0n) is 8.72. The lowest BCUT2D eigenvalue weighted by molar-refractivity contribution is -0.130. The van der Waals surface area contributed by atoms with Crippen molar-refractivity contribution in [2.24, 2.45) is 17.3 Å². The molecule has 0 saturated heterocycles. The third kappa shape index (κ3) is 2.94. The molecule has 0 fully saturated rings. The van der Waals surface area contributed by atoms with Crippen molar-refractivity contribution in [3.05, 3.63) is 0 Å². The Bertz CT molecular complexity index is 154. The van der Waals surface area contributed by atoms with Crippen LogP contribution in [0.15, 0.2) is 0 Å². The Morgan fingerprint density at radius 3 is 1.83 bits per heavy atom. The monoisotopic (exact) mass is 172 g/mol. The lowest BCUT2D eigenvalue weighted by Crippen LogP contribution is -2.34.